The number of H-pyrrole nitrogens is 1. The Bertz CT molecular complexity index is 386. The zero-order valence-electron chi connectivity index (χ0n) is 11.0. The van der Waals surface area contributed by atoms with Gasteiger partial charge in [0.1, 0.15) is 5.82 Å². The van der Waals surface area contributed by atoms with Gasteiger partial charge < -0.3 is 9.88 Å². The molecule has 0 bridgehead atoms. The van der Waals surface area contributed by atoms with Gasteiger partial charge in [-0.25, -0.2) is 4.98 Å². The molecule has 2 aliphatic rings. The van der Waals surface area contributed by atoms with Crippen molar-refractivity contribution in [2.75, 3.05) is 33.7 Å². The lowest BCUT2D eigenvalue weighted by Gasteiger charge is -2.19. The van der Waals surface area contributed by atoms with Crippen LogP contribution in [0.2, 0.25) is 0 Å². The highest BCUT2D eigenvalue weighted by molar-refractivity contribution is 5.07. The van der Waals surface area contributed by atoms with E-state index in [1.165, 1.54) is 19.6 Å². The summed E-state index contributed by atoms with van der Waals surface area (Å²) in [6.45, 7) is 6.86. The normalized spacial score (nSPS) is 32.1. The molecule has 1 saturated carbocycles. The van der Waals surface area contributed by atoms with Gasteiger partial charge in [-0.1, -0.05) is 0 Å². The fraction of sp³-hybridized carbons (Fsp3) is 0.769. The molecule has 1 aromatic heterocycles. The number of fused-ring (bicyclic) bond motifs is 1. The zero-order valence-corrected chi connectivity index (χ0v) is 11.0. The molecule has 2 fully saturated rings. The highest BCUT2D eigenvalue weighted by Crippen LogP contribution is 2.51. The molecular weight excluding hydrogens is 212 g/mol. The minimum Gasteiger partial charge on any atom is -0.345 e. The summed E-state index contributed by atoms with van der Waals surface area (Å²) in [4.78, 5) is 12.6. The number of aromatic nitrogens is 2. The van der Waals surface area contributed by atoms with E-state index in [4.69, 9.17) is 0 Å². The minimum atomic E-state index is 0.952. The third kappa shape index (κ3) is 2.24. The Kier molecular flexibility index (Phi) is 2.71. The fourth-order valence-corrected chi connectivity index (χ4v) is 3.32. The van der Waals surface area contributed by atoms with Crippen LogP contribution in [0.15, 0.2) is 6.20 Å². The van der Waals surface area contributed by atoms with E-state index in [0.717, 1.165) is 35.8 Å². The molecular formula is C13H22N4. The van der Waals surface area contributed by atoms with Crippen LogP contribution in [0.3, 0.4) is 0 Å². The van der Waals surface area contributed by atoms with E-state index in [1.807, 2.05) is 6.20 Å². The van der Waals surface area contributed by atoms with Crippen LogP contribution in [0.25, 0.3) is 0 Å². The summed E-state index contributed by atoms with van der Waals surface area (Å²) in [5, 5.41) is 0. The molecule has 1 aliphatic heterocycles. The van der Waals surface area contributed by atoms with Gasteiger partial charge in [-0.2, -0.15) is 0 Å². The van der Waals surface area contributed by atoms with Crippen LogP contribution in [0.5, 0.6) is 0 Å². The Hall–Kier alpha value is -0.870. The van der Waals surface area contributed by atoms with Gasteiger partial charge >= 0.3 is 0 Å². The molecule has 2 heterocycles. The van der Waals surface area contributed by atoms with Crippen LogP contribution in [0.4, 0.5) is 0 Å². The summed E-state index contributed by atoms with van der Waals surface area (Å²) in [6.07, 6.45) is 1.92. The van der Waals surface area contributed by atoms with E-state index >= 15 is 0 Å². The number of nitrogens with one attached hydrogen (secondary N) is 1. The summed E-state index contributed by atoms with van der Waals surface area (Å²) in [5.74, 6) is 3.98. The quantitative estimate of drug-likeness (QED) is 0.842. The van der Waals surface area contributed by atoms with Gasteiger partial charge in [0.15, 0.2) is 0 Å². The SMILES string of the molecule is Cc1cnc(CN2C[C@@H]3C(CN(C)C)[C@@H]3C2)[nH]1. The summed E-state index contributed by atoms with van der Waals surface area (Å²) < 4.78 is 0. The molecule has 0 radical (unpaired) electrons. The number of likely N-dealkylation sites (tertiary alicyclic amines) is 1. The lowest BCUT2D eigenvalue weighted by molar-refractivity contribution is 0.253. The minimum absolute atomic E-state index is 0.952. The molecule has 1 aliphatic carbocycles. The van der Waals surface area contributed by atoms with Crippen LogP contribution >= 0.6 is 0 Å². The maximum Gasteiger partial charge on any atom is 0.120 e. The highest BCUT2D eigenvalue weighted by Gasteiger charge is 2.55. The lowest BCUT2D eigenvalue weighted by Crippen LogP contribution is -2.27. The first-order valence-electron chi connectivity index (χ1n) is 6.51. The number of rotatable bonds is 4. The van der Waals surface area contributed by atoms with Gasteiger partial charge in [0, 0.05) is 31.5 Å². The van der Waals surface area contributed by atoms with Gasteiger partial charge in [0.05, 0.1) is 6.54 Å². The summed E-state index contributed by atoms with van der Waals surface area (Å²) in [6, 6.07) is 0. The smallest absolute Gasteiger partial charge is 0.120 e. The van der Waals surface area contributed by atoms with Crippen molar-refractivity contribution in [2.24, 2.45) is 17.8 Å². The molecule has 0 amide bonds. The molecule has 1 N–H and O–H groups in total. The van der Waals surface area contributed by atoms with Gasteiger partial charge in [-0.05, 0) is 38.8 Å². The van der Waals surface area contributed by atoms with Crippen molar-refractivity contribution in [3.63, 3.8) is 0 Å². The van der Waals surface area contributed by atoms with Crippen LogP contribution in [-0.2, 0) is 6.54 Å². The predicted octanol–water partition coefficient (Wildman–Crippen LogP) is 0.958. The molecule has 17 heavy (non-hydrogen) atoms. The Morgan fingerprint density at radius 1 is 1.41 bits per heavy atom. The van der Waals surface area contributed by atoms with Crippen LogP contribution in [0.1, 0.15) is 11.5 Å². The molecule has 1 unspecified atom stereocenters. The van der Waals surface area contributed by atoms with Gasteiger partial charge in [-0.3, -0.25) is 4.90 Å². The maximum atomic E-state index is 4.38. The van der Waals surface area contributed by atoms with Crippen molar-refractivity contribution < 1.29 is 0 Å². The first-order chi connectivity index (χ1) is 8.13. The van der Waals surface area contributed by atoms with E-state index in [1.54, 1.807) is 0 Å². The molecule has 3 rings (SSSR count). The number of aryl methyl sites for hydroxylation is 1. The monoisotopic (exact) mass is 234 g/mol. The summed E-state index contributed by atoms with van der Waals surface area (Å²) in [5.41, 5.74) is 1.16. The highest BCUT2D eigenvalue weighted by atomic mass is 15.2. The van der Waals surface area contributed by atoms with Crippen molar-refractivity contribution in [3.8, 4) is 0 Å². The second-order valence-electron chi connectivity index (χ2n) is 5.96. The first kappa shape index (κ1) is 11.2. The number of imidazole rings is 1. The van der Waals surface area contributed by atoms with E-state index in [0.29, 0.717) is 0 Å². The Morgan fingerprint density at radius 3 is 2.65 bits per heavy atom. The topological polar surface area (TPSA) is 35.2 Å². The maximum absolute atomic E-state index is 4.38. The van der Waals surface area contributed by atoms with E-state index < -0.39 is 0 Å². The second-order valence-corrected chi connectivity index (χ2v) is 5.96. The van der Waals surface area contributed by atoms with Crippen LogP contribution < -0.4 is 0 Å². The van der Waals surface area contributed by atoms with Gasteiger partial charge in [0.25, 0.3) is 0 Å². The summed E-state index contributed by atoms with van der Waals surface area (Å²) >= 11 is 0. The van der Waals surface area contributed by atoms with Crippen molar-refractivity contribution in [2.45, 2.75) is 13.5 Å². The number of piperidine rings is 1. The molecule has 3 atom stereocenters. The Balaban J connectivity index is 1.49. The molecule has 4 heteroatoms. The van der Waals surface area contributed by atoms with Gasteiger partial charge in [0.2, 0.25) is 0 Å². The van der Waals surface area contributed by atoms with E-state index in [9.17, 15) is 0 Å². The Morgan fingerprint density at radius 2 is 2.12 bits per heavy atom. The fourth-order valence-electron chi connectivity index (χ4n) is 3.32. The predicted molar refractivity (Wildman–Crippen MR) is 67.6 cm³/mol. The molecule has 0 spiro atoms. The van der Waals surface area contributed by atoms with E-state index in [2.05, 4.69) is 40.8 Å². The van der Waals surface area contributed by atoms with Gasteiger partial charge in [-0.15, -0.1) is 0 Å². The number of hydrogen-bond donors (Lipinski definition) is 1. The molecule has 1 aromatic rings. The zero-order chi connectivity index (χ0) is 12.0. The average Bonchev–Trinajstić information content (AvgIpc) is 2.68. The Labute approximate surface area is 103 Å². The first-order valence-corrected chi connectivity index (χ1v) is 6.51. The summed E-state index contributed by atoms with van der Waals surface area (Å²) in [7, 11) is 4.36. The number of nitrogens with zero attached hydrogens (tertiary/aromatic N) is 3. The van der Waals surface area contributed by atoms with Crippen molar-refractivity contribution in [3.05, 3.63) is 17.7 Å². The second kappa shape index (κ2) is 4.10. The third-order valence-corrected chi connectivity index (χ3v) is 4.15. The van der Waals surface area contributed by atoms with Crippen LogP contribution in [0, 0.1) is 24.7 Å². The standard InChI is InChI=1S/C13H22N4/c1-9-4-14-13(15-9)8-17-6-11-10(5-16(2)3)12(11)7-17/h4,10-12H,5-8H2,1-3H3,(H,14,15)/t10?,11-,12+. The molecule has 4 nitrogen and oxygen atoms in total. The number of aromatic amines is 1. The van der Waals surface area contributed by atoms with Crippen molar-refractivity contribution in [1.82, 2.24) is 19.8 Å². The van der Waals surface area contributed by atoms with E-state index in [-0.39, 0.29) is 0 Å². The molecule has 94 valence electrons. The number of hydrogen-bond acceptors (Lipinski definition) is 3. The third-order valence-electron chi connectivity index (χ3n) is 4.15. The molecule has 0 aromatic carbocycles. The lowest BCUT2D eigenvalue weighted by atomic mass is 10.2. The molecule has 1 saturated heterocycles. The van der Waals surface area contributed by atoms with Crippen LogP contribution in [-0.4, -0.2) is 53.5 Å². The van der Waals surface area contributed by atoms with Crippen molar-refractivity contribution >= 4 is 0 Å². The van der Waals surface area contributed by atoms with Crippen molar-refractivity contribution in [1.29, 1.82) is 0 Å². The average molecular weight is 234 g/mol. The largest absolute Gasteiger partial charge is 0.345 e.